The van der Waals surface area contributed by atoms with Crippen molar-refractivity contribution in [2.45, 2.75) is 6.54 Å². The largest absolute Gasteiger partial charge is 0.503 e. The van der Waals surface area contributed by atoms with Crippen molar-refractivity contribution >= 4 is 29.5 Å². The summed E-state index contributed by atoms with van der Waals surface area (Å²) in [7, 11) is 0. The molecule has 114 valence electrons. The van der Waals surface area contributed by atoms with Crippen LogP contribution in [-0.4, -0.2) is 14.1 Å². The van der Waals surface area contributed by atoms with Gasteiger partial charge in [-0.25, -0.2) is 0 Å². The van der Waals surface area contributed by atoms with E-state index in [0.29, 0.717) is 11.6 Å². The van der Waals surface area contributed by atoms with Gasteiger partial charge in [-0.3, -0.25) is 9.59 Å². The average Bonchev–Trinajstić information content (AvgIpc) is 2.46. The van der Waals surface area contributed by atoms with Crippen LogP contribution in [0.4, 0.5) is 0 Å². The van der Waals surface area contributed by atoms with Crippen LogP contribution in [0.5, 0.6) is 5.75 Å². The molecule has 1 N–H and O–H groups in total. The van der Waals surface area contributed by atoms with Crippen LogP contribution < -0.4 is 11.0 Å². The van der Waals surface area contributed by atoms with Crippen molar-refractivity contribution in [3.63, 3.8) is 0 Å². The van der Waals surface area contributed by atoms with Crippen molar-refractivity contribution in [2.75, 3.05) is 0 Å². The SMILES string of the molecule is Cl.O=c1ccn2ccn(Cc3cccc(Cl)c3)c(=O)c2c1O. The third kappa shape index (κ3) is 2.86. The standard InChI is InChI=1S/C15H11ClN2O3.ClH/c16-11-3-1-2-10(8-11)9-18-7-6-17-5-4-12(19)14(20)13(17)15(18)21;/h1-8,20H,9H2;1H. The zero-order chi connectivity index (χ0) is 15.0. The average molecular weight is 339 g/mol. The summed E-state index contributed by atoms with van der Waals surface area (Å²) >= 11 is 5.92. The molecule has 0 bridgehead atoms. The Morgan fingerprint density at radius 2 is 1.86 bits per heavy atom. The van der Waals surface area contributed by atoms with Crippen LogP contribution in [0.3, 0.4) is 0 Å². The van der Waals surface area contributed by atoms with E-state index >= 15 is 0 Å². The topological polar surface area (TPSA) is 63.7 Å². The van der Waals surface area contributed by atoms with E-state index in [4.69, 9.17) is 11.6 Å². The molecule has 0 amide bonds. The molecule has 0 atom stereocenters. The second-order valence-corrected chi connectivity index (χ2v) is 5.08. The number of halogens is 2. The molecule has 0 saturated carbocycles. The monoisotopic (exact) mass is 338 g/mol. The Bertz CT molecular complexity index is 947. The highest BCUT2D eigenvalue weighted by atomic mass is 35.5. The van der Waals surface area contributed by atoms with Crippen LogP contribution in [0.1, 0.15) is 5.56 Å². The Hall–Kier alpha value is -2.24. The van der Waals surface area contributed by atoms with E-state index in [2.05, 4.69) is 0 Å². The molecule has 0 aliphatic rings. The summed E-state index contributed by atoms with van der Waals surface area (Å²) in [4.78, 5) is 23.9. The number of aromatic hydroxyl groups is 1. The van der Waals surface area contributed by atoms with Crippen LogP contribution in [0.25, 0.3) is 5.52 Å². The summed E-state index contributed by atoms with van der Waals surface area (Å²) in [5, 5.41) is 10.4. The van der Waals surface area contributed by atoms with Crippen LogP contribution in [0, 0.1) is 0 Å². The van der Waals surface area contributed by atoms with E-state index in [1.165, 1.54) is 21.2 Å². The van der Waals surface area contributed by atoms with E-state index < -0.39 is 16.7 Å². The van der Waals surface area contributed by atoms with Crippen molar-refractivity contribution < 1.29 is 5.11 Å². The van der Waals surface area contributed by atoms with Gasteiger partial charge in [0.15, 0.2) is 11.3 Å². The molecular weight excluding hydrogens is 327 g/mol. The van der Waals surface area contributed by atoms with Crippen molar-refractivity contribution in [1.82, 2.24) is 8.97 Å². The van der Waals surface area contributed by atoms with Gasteiger partial charge in [0.05, 0.1) is 6.54 Å². The van der Waals surface area contributed by atoms with Crippen molar-refractivity contribution in [2.24, 2.45) is 0 Å². The van der Waals surface area contributed by atoms with E-state index in [1.807, 2.05) is 6.07 Å². The van der Waals surface area contributed by atoms with E-state index in [-0.39, 0.29) is 17.9 Å². The number of pyridine rings is 1. The quantitative estimate of drug-likeness (QED) is 0.779. The summed E-state index contributed by atoms with van der Waals surface area (Å²) in [6.45, 7) is 0.304. The number of rotatable bonds is 2. The second-order valence-electron chi connectivity index (χ2n) is 4.65. The highest BCUT2D eigenvalue weighted by Gasteiger charge is 2.10. The third-order valence-electron chi connectivity index (χ3n) is 3.22. The molecule has 3 rings (SSSR count). The number of hydrogen-bond acceptors (Lipinski definition) is 3. The number of aromatic nitrogens is 2. The van der Waals surface area contributed by atoms with Crippen molar-refractivity contribution in [3.05, 3.63) is 80.1 Å². The first-order valence-corrected chi connectivity index (χ1v) is 6.62. The van der Waals surface area contributed by atoms with E-state index in [1.54, 1.807) is 30.6 Å². The Morgan fingerprint density at radius 3 is 2.59 bits per heavy atom. The first kappa shape index (κ1) is 16.1. The molecule has 0 fully saturated rings. The van der Waals surface area contributed by atoms with Crippen LogP contribution >= 0.6 is 24.0 Å². The molecule has 2 heterocycles. The van der Waals surface area contributed by atoms with Crippen LogP contribution in [-0.2, 0) is 6.54 Å². The van der Waals surface area contributed by atoms with Gasteiger partial charge in [-0.2, -0.15) is 0 Å². The third-order valence-corrected chi connectivity index (χ3v) is 3.45. The fourth-order valence-electron chi connectivity index (χ4n) is 2.19. The molecule has 7 heteroatoms. The summed E-state index contributed by atoms with van der Waals surface area (Å²) in [5.41, 5.74) is -0.195. The zero-order valence-corrected chi connectivity index (χ0v) is 12.8. The normalized spacial score (nSPS) is 10.4. The number of fused-ring (bicyclic) bond motifs is 1. The van der Waals surface area contributed by atoms with E-state index in [9.17, 15) is 14.7 Å². The number of nitrogens with zero attached hydrogens (tertiary/aromatic N) is 2. The summed E-state index contributed by atoms with van der Waals surface area (Å²) in [6.07, 6.45) is 4.66. The lowest BCUT2D eigenvalue weighted by molar-refractivity contribution is 0.472. The Morgan fingerprint density at radius 1 is 1.09 bits per heavy atom. The van der Waals surface area contributed by atoms with Crippen LogP contribution in [0.15, 0.2) is 58.5 Å². The minimum absolute atomic E-state index is 0. The van der Waals surface area contributed by atoms with Gasteiger partial charge < -0.3 is 14.1 Å². The minimum atomic E-state index is -0.576. The maximum Gasteiger partial charge on any atom is 0.279 e. The Balaban J connectivity index is 0.00000176. The molecule has 0 saturated heterocycles. The molecule has 3 aromatic rings. The lowest BCUT2D eigenvalue weighted by atomic mass is 10.2. The lowest BCUT2D eigenvalue weighted by Gasteiger charge is -2.09. The maximum atomic E-state index is 12.4. The predicted molar refractivity (Wildman–Crippen MR) is 87.4 cm³/mol. The predicted octanol–water partition coefficient (Wildman–Crippen LogP) is 2.29. The summed E-state index contributed by atoms with van der Waals surface area (Å²) in [6, 6.07) is 8.36. The van der Waals surface area contributed by atoms with Gasteiger partial charge in [0.25, 0.3) is 5.56 Å². The number of benzene rings is 1. The van der Waals surface area contributed by atoms with Crippen molar-refractivity contribution in [1.29, 1.82) is 0 Å². The smallest absolute Gasteiger partial charge is 0.279 e. The molecular formula is C15H12Cl2N2O3. The Kier molecular flexibility index (Phi) is 4.59. The van der Waals surface area contributed by atoms with Gasteiger partial charge in [-0.1, -0.05) is 23.7 Å². The highest BCUT2D eigenvalue weighted by molar-refractivity contribution is 6.30. The minimum Gasteiger partial charge on any atom is -0.503 e. The van der Waals surface area contributed by atoms with Crippen LogP contribution in [0.2, 0.25) is 5.02 Å². The van der Waals surface area contributed by atoms with Crippen molar-refractivity contribution in [3.8, 4) is 5.75 Å². The van der Waals surface area contributed by atoms with Gasteiger partial charge in [0.1, 0.15) is 0 Å². The van der Waals surface area contributed by atoms with Gasteiger partial charge in [-0.05, 0) is 17.7 Å². The first-order valence-electron chi connectivity index (χ1n) is 6.24. The first-order chi connectivity index (χ1) is 10.1. The molecule has 22 heavy (non-hydrogen) atoms. The molecule has 0 unspecified atom stereocenters. The molecule has 0 aliphatic carbocycles. The molecule has 0 spiro atoms. The molecule has 0 aliphatic heterocycles. The Labute approximate surface area is 136 Å². The van der Waals surface area contributed by atoms with Gasteiger partial charge in [0, 0.05) is 29.7 Å². The lowest BCUT2D eigenvalue weighted by Crippen LogP contribution is -2.24. The summed E-state index contributed by atoms with van der Waals surface area (Å²) < 4.78 is 2.84. The number of hydrogen-bond donors (Lipinski definition) is 1. The second kappa shape index (κ2) is 6.25. The van der Waals surface area contributed by atoms with Gasteiger partial charge in [-0.15, -0.1) is 12.4 Å². The maximum absolute atomic E-state index is 12.4. The highest BCUT2D eigenvalue weighted by Crippen LogP contribution is 2.12. The van der Waals surface area contributed by atoms with Gasteiger partial charge >= 0.3 is 0 Å². The van der Waals surface area contributed by atoms with E-state index in [0.717, 1.165) is 5.56 Å². The fourth-order valence-corrected chi connectivity index (χ4v) is 2.40. The summed E-state index contributed by atoms with van der Waals surface area (Å²) in [5.74, 6) is -0.539. The zero-order valence-electron chi connectivity index (χ0n) is 11.3. The molecule has 1 aromatic carbocycles. The molecule has 5 nitrogen and oxygen atoms in total. The fraction of sp³-hybridized carbons (Fsp3) is 0.0667. The molecule has 2 aromatic heterocycles. The van der Waals surface area contributed by atoms with Gasteiger partial charge in [0.2, 0.25) is 5.43 Å². The molecule has 0 radical (unpaired) electrons.